The van der Waals surface area contributed by atoms with Gasteiger partial charge in [0.05, 0.1) is 6.42 Å². The van der Waals surface area contributed by atoms with Crippen LogP contribution in [-0.4, -0.2) is 30.2 Å². The minimum Gasteiger partial charge on any atom is -0.481 e. The van der Waals surface area contributed by atoms with Crippen LogP contribution in [0.15, 0.2) is 0 Å². The van der Waals surface area contributed by atoms with Crippen LogP contribution in [0.3, 0.4) is 0 Å². The van der Waals surface area contributed by atoms with Gasteiger partial charge in [-0.3, -0.25) is 4.79 Å². The van der Waals surface area contributed by atoms with E-state index in [1.807, 2.05) is 0 Å². The number of hydrogen-bond acceptors (Lipinski definition) is 2. The van der Waals surface area contributed by atoms with Crippen molar-refractivity contribution in [2.75, 3.05) is 13.1 Å². The second kappa shape index (κ2) is 6.47. The zero-order valence-electron chi connectivity index (χ0n) is 10.4. The molecule has 5 heteroatoms. The average Bonchev–Trinajstić information content (AvgIpc) is 2.21. The van der Waals surface area contributed by atoms with Crippen molar-refractivity contribution in [3.8, 4) is 0 Å². The average molecular weight is 242 g/mol. The van der Waals surface area contributed by atoms with Crippen molar-refractivity contribution < 1.29 is 14.7 Å². The Kier molecular flexibility index (Phi) is 5.25. The Hall–Kier alpha value is -1.26. The lowest BCUT2D eigenvalue weighted by Gasteiger charge is -2.42. The Morgan fingerprint density at radius 1 is 1.29 bits per heavy atom. The molecule has 0 heterocycles. The fourth-order valence-corrected chi connectivity index (χ4v) is 2.34. The monoisotopic (exact) mass is 242 g/mol. The quantitative estimate of drug-likeness (QED) is 0.636. The van der Waals surface area contributed by atoms with Gasteiger partial charge in [0, 0.05) is 13.1 Å². The van der Waals surface area contributed by atoms with E-state index in [-0.39, 0.29) is 19.0 Å². The topological polar surface area (TPSA) is 78.4 Å². The molecule has 2 amide bonds. The summed E-state index contributed by atoms with van der Waals surface area (Å²) in [6, 6.07) is -0.256. The fraction of sp³-hybridized carbons (Fsp3) is 0.833. The number of hydrogen-bond donors (Lipinski definition) is 3. The molecule has 0 atom stereocenters. The summed E-state index contributed by atoms with van der Waals surface area (Å²) in [5.41, 5.74) is 0.304. The number of nitrogens with one attached hydrogen (secondary N) is 2. The zero-order valence-corrected chi connectivity index (χ0v) is 10.4. The van der Waals surface area contributed by atoms with Crippen molar-refractivity contribution in [3.05, 3.63) is 0 Å². The summed E-state index contributed by atoms with van der Waals surface area (Å²) >= 11 is 0. The molecule has 5 nitrogen and oxygen atoms in total. The van der Waals surface area contributed by atoms with Crippen molar-refractivity contribution in [2.45, 2.75) is 45.4 Å². The molecule has 0 bridgehead atoms. The number of carboxylic acids is 1. The SMILES string of the molecule is CCCC1(CNC(=O)NCCC(=O)O)CCC1. The highest BCUT2D eigenvalue weighted by Gasteiger charge is 2.35. The van der Waals surface area contributed by atoms with Gasteiger partial charge in [-0.15, -0.1) is 0 Å². The van der Waals surface area contributed by atoms with Crippen LogP contribution in [-0.2, 0) is 4.79 Å². The van der Waals surface area contributed by atoms with Gasteiger partial charge in [0.25, 0.3) is 0 Å². The molecule has 0 radical (unpaired) electrons. The lowest BCUT2D eigenvalue weighted by Crippen LogP contribution is -2.45. The Labute approximate surface area is 102 Å². The maximum absolute atomic E-state index is 11.4. The molecule has 1 rings (SSSR count). The maximum atomic E-state index is 11.4. The highest BCUT2D eigenvalue weighted by molar-refractivity contribution is 5.75. The van der Waals surface area contributed by atoms with Gasteiger partial charge in [0.15, 0.2) is 0 Å². The third kappa shape index (κ3) is 4.63. The largest absolute Gasteiger partial charge is 0.481 e. The predicted octanol–water partition coefficient (Wildman–Crippen LogP) is 1.73. The third-order valence-corrected chi connectivity index (χ3v) is 3.44. The highest BCUT2D eigenvalue weighted by Crippen LogP contribution is 2.44. The van der Waals surface area contributed by atoms with E-state index in [1.54, 1.807) is 0 Å². The Morgan fingerprint density at radius 3 is 2.47 bits per heavy atom. The van der Waals surface area contributed by atoms with Crippen molar-refractivity contribution in [1.29, 1.82) is 0 Å². The second-order valence-corrected chi connectivity index (χ2v) is 4.86. The Morgan fingerprint density at radius 2 is 2.00 bits per heavy atom. The molecule has 98 valence electrons. The maximum Gasteiger partial charge on any atom is 0.314 e. The first-order chi connectivity index (χ1) is 8.08. The first-order valence-electron chi connectivity index (χ1n) is 6.31. The lowest BCUT2D eigenvalue weighted by molar-refractivity contribution is -0.136. The van der Waals surface area contributed by atoms with E-state index in [0.29, 0.717) is 12.0 Å². The molecule has 0 aromatic heterocycles. The third-order valence-electron chi connectivity index (χ3n) is 3.44. The molecule has 17 heavy (non-hydrogen) atoms. The van der Waals surface area contributed by atoms with Crippen LogP contribution in [0, 0.1) is 5.41 Å². The number of carbonyl (C=O) groups is 2. The van der Waals surface area contributed by atoms with Crippen LogP contribution >= 0.6 is 0 Å². The molecule has 1 aliphatic carbocycles. The van der Waals surface area contributed by atoms with Crippen LogP contribution in [0.5, 0.6) is 0 Å². The summed E-state index contributed by atoms with van der Waals surface area (Å²) in [6.45, 7) is 3.05. The first kappa shape index (κ1) is 13.8. The summed E-state index contributed by atoms with van der Waals surface area (Å²) in [6.07, 6.45) is 5.90. The minimum atomic E-state index is -0.897. The number of aliphatic carboxylic acids is 1. The zero-order chi connectivity index (χ0) is 12.7. The Balaban J connectivity index is 2.16. The molecular weight excluding hydrogens is 220 g/mol. The van der Waals surface area contributed by atoms with Gasteiger partial charge >= 0.3 is 12.0 Å². The second-order valence-electron chi connectivity index (χ2n) is 4.86. The van der Waals surface area contributed by atoms with E-state index >= 15 is 0 Å². The molecular formula is C12H22N2O3. The normalized spacial score (nSPS) is 17.0. The summed E-state index contributed by atoms with van der Waals surface area (Å²) in [4.78, 5) is 21.7. The summed E-state index contributed by atoms with van der Waals surface area (Å²) in [7, 11) is 0. The lowest BCUT2D eigenvalue weighted by atomic mass is 9.66. The summed E-state index contributed by atoms with van der Waals surface area (Å²) < 4.78 is 0. The molecule has 1 fully saturated rings. The fourth-order valence-electron chi connectivity index (χ4n) is 2.34. The molecule has 0 spiro atoms. The number of amides is 2. The number of carboxylic acid groups (broad SMARTS) is 1. The first-order valence-corrected chi connectivity index (χ1v) is 6.31. The standard InChI is InChI=1S/C12H22N2O3/c1-2-5-12(6-3-7-12)9-14-11(17)13-8-4-10(15)16/h2-9H2,1H3,(H,15,16)(H2,13,14,17). The van der Waals surface area contributed by atoms with Gasteiger partial charge in [-0.25, -0.2) is 4.79 Å². The van der Waals surface area contributed by atoms with E-state index in [2.05, 4.69) is 17.6 Å². The van der Waals surface area contributed by atoms with E-state index in [9.17, 15) is 9.59 Å². The molecule has 0 aromatic rings. The van der Waals surface area contributed by atoms with Crippen LogP contribution in [0.25, 0.3) is 0 Å². The summed E-state index contributed by atoms with van der Waals surface area (Å²) in [5, 5.41) is 13.8. The van der Waals surface area contributed by atoms with E-state index < -0.39 is 5.97 Å². The van der Waals surface area contributed by atoms with Gasteiger partial charge in [-0.05, 0) is 24.7 Å². The van der Waals surface area contributed by atoms with Crippen LogP contribution in [0.1, 0.15) is 45.4 Å². The van der Waals surface area contributed by atoms with Crippen LogP contribution in [0.4, 0.5) is 4.79 Å². The van der Waals surface area contributed by atoms with Gasteiger partial charge < -0.3 is 15.7 Å². The van der Waals surface area contributed by atoms with Gasteiger partial charge in [0.2, 0.25) is 0 Å². The van der Waals surface area contributed by atoms with Crippen LogP contribution < -0.4 is 10.6 Å². The van der Waals surface area contributed by atoms with Crippen molar-refractivity contribution in [1.82, 2.24) is 10.6 Å². The van der Waals surface area contributed by atoms with Crippen molar-refractivity contribution in [2.24, 2.45) is 5.41 Å². The number of carbonyl (C=O) groups excluding carboxylic acids is 1. The van der Waals surface area contributed by atoms with Crippen LogP contribution in [0.2, 0.25) is 0 Å². The molecule has 0 saturated heterocycles. The number of rotatable bonds is 7. The molecule has 0 unspecified atom stereocenters. The van der Waals surface area contributed by atoms with E-state index in [0.717, 1.165) is 12.8 Å². The molecule has 3 N–H and O–H groups in total. The molecule has 0 aromatic carbocycles. The van der Waals surface area contributed by atoms with Gasteiger partial charge in [-0.1, -0.05) is 19.8 Å². The highest BCUT2D eigenvalue weighted by atomic mass is 16.4. The minimum absolute atomic E-state index is 0.0342. The van der Waals surface area contributed by atoms with E-state index in [1.165, 1.54) is 19.3 Å². The van der Waals surface area contributed by atoms with Crippen molar-refractivity contribution in [3.63, 3.8) is 0 Å². The molecule has 0 aliphatic heterocycles. The van der Waals surface area contributed by atoms with Gasteiger partial charge in [0.1, 0.15) is 0 Å². The number of urea groups is 1. The van der Waals surface area contributed by atoms with E-state index in [4.69, 9.17) is 5.11 Å². The van der Waals surface area contributed by atoms with Crippen molar-refractivity contribution >= 4 is 12.0 Å². The molecule has 1 aliphatic rings. The predicted molar refractivity (Wildman–Crippen MR) is 64.8 cm³/mol. The van der Waals surface area contributed by atoms with Gasteiger partial charge in [-0.2, -0.15) is 0 Å². The smallest absolute Gasteiger partial charge is 0.314 e. The Bertz CT molecular complexity index is 275. The molecule has 1 saturated carbocycles. The summed E-state index contributed by atoms with van der Waals surface area (Å²) in [5.74, 6) is -0.897.